The number of hydrogen-bond donors (Lipinski definition) is 2. The van der Waals surface area contributed by atoms with Crippen LogP contribution < -0.4 is 5.32 Å². The minimum Gasteiger partial charge on any atom is -0.391 e. The van der Waals surface area contributed by atoms with E-state index in [1.807, 2.05) is 41.1 Å². The predicted octanol–water partition coefficient (Wildman–Crippen LogP) is 2.31. The second-order valence-corrected chi connectivity index (χ2v) is 5.92. The number of nitrogens with one attached hydrogen (secondary N) is 1. The molecule has 0 radical (unpaired) electrons. The Balaban J connectivity index is 1.54. The van der Waals surface area contributed by atoms with Gasteiger partial charge in [-0.1, -0.05) is 31.0 Å². The third-order valence-electron chi connectivity index (χ3n) is 4.45. The number of amides is 1. The molecule has 1 saturated carbocycles. The fourth-order valence-electron chi connectivity index (χ4n) is 3.22. The molecular formula is C17H22N2O2. The molecule has 2 aromatic rings. The molecular weight excluding hydrogens is 264 g/mol. The molecule has 112 valence electrons. The van der Waals surface area contributed by atoms with Crippen LogP contribution in [-0.2, 0) is 11.3 Å². The van der Waals surface area contributed by atoms with Crippen LogP contribution in [0.4, 0.5) is 0 Å². The molecule has 1 aliphatic rings. The van der Waals surface area contributed by atoms with Crippen LogP contribution >= 0.6 is 0 Å². The average molecular weight is 286 g/mol. The van der Waals surface area contributed by atoms with Crippen molar-refractivity contribution in [2.24, 2.45) is 5.92 Å². The van der Waals surface area contributed by atoms with Crippen molar-refractivity contribution < 1.29 is 9.90 Å². The molecule has 1 heterocycles. The number of nitrogens with zero attached hydrogens (tertiary/aromatic N) is 1. The van der Waals surface area contributed by atoms with Crippen LogP contribution in [0.2, 0.25) is 0 Å². The lowest BCUT2D eigenvalue weighted by molar-refractivity contribution is -0.122. The fraction of sp³-hybridized carbons (Fsp3) is 0.471. The SMILES string of the molecule is O=C(Cn1ccc2ccccc21)NCC(O)C1CCCC1. The smallest absolute Gasteiger partial charge is 0.240 e. The largest absolute Gasteiger partial charge is 0.391 e. The van der Waals surface area contributed by atoms with Gasteiger partial charge in [0.05, 0.1) is 6.10 Å². The van der Waals surface area contributed by atoms with Gasteiger partial charge in [0.15, 0.2) is 0 Å². The topological polar surface area (TPSA) is 54.3 Å². The zero-order valence-electron chi connectivity index (χ0n) is 12.2. The minimum absolute atomic E-state index is 0.0478. The molecule has 1 aromatic heterocycles. The van der Waals surface area contributed by atoms with E-state index in [9.17, 15) is 9.90 Å². The molecule has 1 amide bonds. The highest BCUT2D eigenvalue weighted by Gasteiger charge is 2.23. The van der Waals surface area contributed by atoms with Gasteiger partial charge in [0.2, 0.25) is 5.91 Å². The fourth-order valence-corrected chi connectivity index (χ4v) is 3.22. The molecule has 2 N–H and O–H groups in total. The summed E-state index contributed by atoms with van der Waals surface area (Å²) < 4.78 is 1.94. The van der Waals surface area contributed by atoms with Gasteiger partial charge in [-0.15, -0.1) is 0 Å². The van der Waals surface area contributed by atoms with Gasteiger partial charge in [0.25, 0.3) is 0 Å². The molecule has 1 fully saturated rings. The van der Waals surface area contributed by atoms with Crippen molar-refractivity contribution in [2.45, 2.75) is 38.3 Å². The first-order valence-corrected chi connectivity index (χ1v) is 7.72. The lowest BCUT2D eigenvalue weighted by Gasteiger charge is -2.18. The van der Waals surface area contributed by atoms with Crippen LogP contribution in [0, 0.1) is 5.92 Å². The number of aliphatic hydroxyl groups excluding tert-OH is 1. The zero-order valence-corrected chi connectivity index (χ0v) is 12.2. The second kappa shape index (κ2) is 6.31. The van der Waals surface area contributed by atoms with Crippen molar-refractivity contribution in [3.63, 3.8) is 0 Å². The summed E-state index contributed by atoms with van der Waals surface area (Å²) in [6.45, 7) is 0.660. The molecule has 3 rings (SSSR count). The maximum absolute atomic E-state index is 12.0. The van der Waals surface area contributed by atoms with Crippen LogP contribution in [0.25, 0.3) is 10.9 Å². The van der Waals surface area contributed by atoms with Gasteiger partial charge in [-0.3, -0.25) is 4.79 Å². The average Bonchev–Trinajstić information content (AvgIpc) is 3.15. The first-order valence-electron chi connectivity index (χ1n) is 7.72. The molecule has 1 unspecified atom stereocenters. The number of carbonyl (C=O) groups is 1. The highest BCUT2D eigenvalue weighted by molar-refractivity contribution is 5.83. The quantitative estimate of drug-likeness (QED) is 0.886. The molecule has 0 saturated heterocycles. The third-order valence-corrected chi connectivity index (χ3v) is 4.45. The summed E-state index contributed by atoms with van der Waals surface area (Å²) in [5, 5.41) is 14.1. The summed E-state index contributed by atoms with van der Waals surface area (Å²) in [5.74, 6) is 0.311. The van der Waals surface area contributed by atoms with Crippen molar-refractivity contribution >= 4 is 16.8 Å². The van der Waals surface area contributed by atoms with Crippen LogP contribution in [0.5, 0.6) is 0 Å². The predicted molar refractivity (Wildman–Crippen MR) is 82.9 cm³/mol. The van der Waals surface area contributed by atoms with E-state index in [4.69, 9.17) is 0 Å². The van der Waals surface area contributed by atoms with Crippen LogP contribution in [0.3, 0.4) is 0 Å². The van der Waals surface area contributed by atoms with E-state index in [1.165, 1.54) is 12.8 Å². The monoisotopic (exact) mass is 286 g/mol. The molecule has 0 spiro atoms. The van der Waals surface area contributed by atoms with Gasteiger partial charge in [-0.25, -0.2) is 0 Å². The Hall–Kier alpha value is -1.81. The van der Waals surface area contributed by atoms with E-state index < -0.39 is 6.10 Å². The molecule has 0 aliphatic heterocycles. The molecule has 1 atom stereocenters. The molecule has 1 aromatic carbocycles. The van der Waals surface area contributed by atoms with Crippen molar-refractivity contribution in [1.29, 1.82) is 0 Å². The van der Waals surface area contributed by atoms with Crippen molar-refractivity contribution in [1.82, 2.24) is 9.88 Å². The summed E-state index contributed by atoms with van der Waals surface area (Å²) in [4.78, 5) is 12.0. The number of aliphatic hydroxyl groups is 1. The van der Waals surface area contributed by atoms with Gasteiger partial charge < -0.3 is 15.0 Å². The Bertz CT molecular complexity index is 614. The van der Waals surface area contributed by atoms with Gasteiger partial charge in [-0.05, 0) is 36.3 Å². The maximum Gasteiger partial charge on any atom is 0.240 e. The Kier molecular flexibility index (Phi) is 4.25. The second-order valence-electron chi connectivity index (χ2n) is 5.92. The molecule has 0 bridgehead atoms. The van der Waals surface area contributed by atoms with E-state index in [1.54, 1.807) is 0 Å². The van der Waals surface area contributed by atoms with E-state index in [0.717, 1.165) is 23.7 Å². The summed E-state index contributed by atoms with van der Waals surface area (Å²) in [5.41, 5.74) is 1.06. The highest BCUT2D eigenvalue weighted by atomic mass is 16.3. The van der Waals surface area contributed by atoms with Gasteiger partial charge in [0.1, 0.15) is 6.54 Å². The van der Waals surface area contributed by atoms with Crippen LogP contribution in [0.1, 0.15) is 25.7 Å². The number of hydrogen-bond acceptors (Lipinski definition) is 2. The van der Waals surface area contributed by atoms with Gasteiger partial charge in [-0.2, -0.15) is 0 Å². The lowest BCUT2D eigenvalue weighted by Crippen LogP contribution is -2.37. The molecule has 1 aliphatic carbocycles. The van der Waals surface area contributed by atoms with E-state index >= 15 is 0 Å². The third kappa shape index (κ3) is 3.27. The minimum atomic E-state index is -0.405. The van der Waals surface area contributed by atoms with Gasteiger partial charge >= 0.3 is 0 Å². The van der Waals surface area contributed by atoms with Crippen molar-refractivity contribution in [3.8, 4) is 0 Å². The number of rotatable bonds is 5. The Morgan fingerprint density at radius 2 is 2.05 bits per heavy atom. The Labute approximate surface area is 124 Å². The number of aromatic nitrogens is 1. The number of carbonyl (C=O) groups excluding carboxylic acids is 1. The first kappa shape index (κ1) is 14.1. The van der Waals surface area contributed by atoms with Gasteiger partial charge in [0, 0.05) is 18.3 Å². The Morgan fingerprint density at radius 3 is 2.86 bits per heavy atom. The normalized spacial score (nSPS) is 17.2. The molecule has 4 nitrogen and oxygen atoms in total. The van der Waals surface area contributed by atoms with E-state index in [-0.39, 0.29) is 5.91 Å². The molecule has 21 heavy (non-hydrogen) atoms. The van der Waals surface area contributed by atoms with Crippen LogP contribution in [0.15, 0.2) is 36.5 Å². The summed E-state index contributed by atoms with van der Waals surface area (Å²) in [7, 11) is 0. The van der Waals surface area contributed by atoms with Crippen molar-refractivity contribution in [2.75, 3.05) is 6.54 Å². The number of benzene rings is 1. The maximum atomic E-state index is 12.0. The highest BCUT2D eigenvalue weighted by Crippen LogP contribution is 2.27. The zero-order chi connectivity index (χ0) is 14.7. The summed E-state index contributed by atoms with van der Waals surface area (Å²) >= 11 is 0. The summed E-state index contributed by atoms with van der Waals surface area (Å²) in [6, 6.07) is 10.0. The summed E-state index contributed by atoms with van der Waals surface area (Å²) in [6.07, 6.45) is 6.09. The first-order chi connectivity index (χ1) is 10.2. The standard InChI is InChI=1S/C17H22N2O2/c20-16(14-6-1-2-7-14)11-18-17(21)12-19-10-9-13-5-3-4-8-15(13)19/h3-5,8-10,14,16,20H,1-2,6-7,11-12H2,(H,18,21). The van der Waals surface area contributed by atoms with E-state index in [0.29, 0.717) is 19.0 Å². The number of para-hydroxylation sites is 1. The van der Waals surface area contributed by atoms with Crippen molar-refractivity contribution in [3.05, 3.63) is 36.5 Å². The molecule has 4 heteroatoms. The van der Waals surface area contributed by atoms with E-state index in [2.05, 4.69) is 5.32 Å². The Morgan fingerprint density at radius 1 is 1.29 bits per heavy atom. The lowest BCUT2D eigenvalue weighted by atomic mass is 10.0. The van der Waals surface area contributed by atoms with Crippen LogP contribution in [-0.4, -0.2) is 28.2 Å². The number of fused-ring (bicyclic) bond motifs is 1.